The summed E-state index contributed by atoms with van der Waals surface area (Å²) >= 11 is 3.71. The zero-order valence-electron chi connectivity index (χ0n) is 11.8. The van der Waals surface area contributed by atoms with E-state index in [1.165, 1.54) is 15.7 Å². The molecule has 0 aliphatic carbocycles. The Labute approximate surface area is 124 Å². The number of anilines is 1. The number of ether oxygens (including phenoxy) is 1. The Balaban J connectivity index is 2.01. The van der Waals surface area contributed by atoms with E-state index in [0.717, 1.165) is 39.0 Å². The van der Waals surface area contributed by atoms with Crippen LogP contribution in [0, 0.1) is 0 Å². The predicted molar refractivity (Wildman–Crippen MR) is 83.8 cm³/mol. The van der Waals surface area contributed by atoms with Crippen LogP contribution in [0.4, 0.5) is 5.69 Å². The summed E-state index contributed by atoms with van der Waals surface area (Å²) in [7, 11) is 1.81. The van der Waals surface area contributed by atoms with Gasteiger partial charge in [-0.3, -0.25) is 0 Å². The van der Waals surface area contributed by atoms with Crippen molar-refractivity contribution in [1.29, 1.82) is 0 Å². The molecule has 1 aliphatic heterocycles. The van der Waals surface area contributed by atoms with Gasteiger partial charge in [-0.05, 0) is 53.0 Å². The fourth-order valence-electron chi connectivity index (χ4n) is 2.52. The topological polar surface area (TPSA) is 24.5 Å². The molecule has 4 heteroatoms. The molecule has 106 valence electrons. The van der Waals surface area contributed by atoms with Crippen LogP contribution in [0.15, 0.2) is 22.7 Å². The number of halogens is 1. The molecule has 0 bridgehead atoms. The van der Waals surface area contributed by atoms with Gasteiger partial charge in [-0.15, -0.1) is 0 Å². The maximum absolute atomic E-state index is 5.42. The molecule has 0 aromatic heterocycles. The number of nitrogens with zero attached hydrogens (tertiary/aromatic N) is 1. The van der Waals surface area contributed by atoms with E-state index in [2.05, 4.69) is 51.3 Å². The van der Waals surface area contributed by atoms with Crippen molar-refractivity contribution in [3.8, 4) is 0 Å². The molecule has 1 fully saturated rings. The van der Waals surface area contributed by atoms with Crippen molar-refractivity contribution in [1.82, 2.24) is 5.32 Å². The third kappa shape index (κ3) is 3.94. The van der Waals surface area contributed by atoms with Gasteiger partial charge in [0.1, 0.15) is 0 Å². The van der Waals surface area contributed by atoms with Gasteiger partial charge in [0.25, 0.3) is 0 Å². The van der Waals surface area contributed by atoms with Crippen LogP contribution in [0.1, 0.15) is 25.3 Å². The lowest BCUT2D eigenvalue weighted by Gasteiger charge is -2.33. The smallest absolute Gasteiger partial charge is 0.0605 e. The molecule has 1 aromatic rings. The Hall–Kier alpha value is -0.580. The minimum atomic E-state index is 0.433. The highest BCUT2D eigenvalue weighted by Crippen LogP contribution is 2.30. The molecule has 0 radical (unpaired) electrons. The Morgan fingerprint density at radius 1 is 1.37 bits per heavy atom. The number of hydrogen-bond donors (Lipinski definition) is 1. The van der Waals surface area contributed by atoms with Crippen LogP contribution in [0.2, 0.25) is 0 Å². The lowest BCUT2D eigenvalue weighted by Crippen LogP contribution is -2.36. The van der Waals surface area contributed by atoms with E-state index < -0.39 is 0 Å². The summed E-state index contributed by atoms with van der Waals surface area (Å²) in [5.74, 6) is 0. The first-order valence-electron chi connectivity index (χ1n) is 7.01. The molecule has 0 amide bonds. The first-order valence-corrected chi connectivity index (χ1v) is 7.80. The summed E-state index contributed by atoms with van der Waals surface area (Å²) in [5.41, 5.74) is 2.62. The molecule has 2 rings (SSSR count). The largest absolute Gasteiger partial charge is 0.381 e. The Morgan fingerprint density at radius 3 is 2.68 bits per heavy atom. The number of piperidine rings is 1. The summed E-state index contributed by atoms with van der Waals surface area (Å²) in [5, 5.41) is 3.35. The van der Waals surface area contributed by atoms with Gasteiger partial charge in [-0.25, -0.2) is 0 Å². The molecule has 1 heterocycles. The predicted octanol–water partition coefficient (Wildman–Crippen LogP) is 3.17. The van der Waals surface area contributed by atoms with E-state index in [-0.39, 0.29) is 0 Å². The lowest BCUT2D eigenvalue weighted by atomic mass is 10.1. The number of rotatable bonds is 5. The molecule has 3 nitrogen and oxygen atoms in total. The summed E-state index contributed by atoms with van der Waals surface area (Å²) < 4.78 is 6.62. The summed E-state index contributed by atoms with van der Waals surface area (Å²) in [6, 6.07) is 6.66. The Kier molecular flexibility index (Phi) is 5.67. The van der Waals surface area contributed by atoms with E-state index in [0.29, 0.717) is 6.10 Å². The monoisotopic (exact) mass is 326 g/mol. The maximum Gasteiger partial charge on any atom is 0.0605 e. The molecular formula is C15H23BrN2O. The van der Waals surface area contributed by atoms with E-state index in [1.807, 2.05) is 7.11 Å². The van der Waals surface area contributed by atoms with E-state index >= 15 is 0 Å². The average Bonchev–Trinajstić information content (AvgIpc) is 2.45. The van der Waals surface area contributed by atoms with E-state index in [1.54, 1.807) is 0 Å². The number of hydrogen-bond acceptors (Lipinski definition) is 3. The second-order valence-corrected chi connectivity index (χ2v) is 5.84. The Bertz CT molecular complexity index is 403. The van der Waals surface area contributed by atoms with Gasteiger partial charge in [0.2, 0.25) is 0 Å². The van der Waals surface area contributed by atoms with Crippen LogP contribution in [-0.2, 0) is 11.3 Å². The van der Waals surface area contributed by atoms with Crippen molar-refractivity contribution < 1.29 is 4.74 Å². The normalized spacial score (nSPS) is 16.9. The molecule has 1 N–H and O–H groups in total. The van der Waals surface area contributed by atoms with Gasteiger partial charge in [-0.2, -0.15) is 0 Å². The first-order chi connectivity index (χ1) is 9.24. The number of nitrogens with one attached hydrogen (secondary N) is 1. The molecule has 0 unspecified atom stereocenters. The second kappa shape index (κ2) is 7.27. The third-order valence-corrected chi connectivity index (χ3v) is 4.34. The highest BCUT2D eigenvalue weighted by molar-refractivity contribution is 9.10. The van der Waals surface area contributed by atoms with Crippen molar-refractivity contribution in [2.24, 2.45) is 0 Å². The fraction of sp³-hybridized carbons (Fsp3) is 0.600. The Morgan fingerprint density at radius 2 is 2.11 bits per heavy atom. The van der Waals surface area contributed by atoms with Crippen LogP contribution in [0.5, 0.6) is 0 Å². The van der Waals surface area contributed by atoms with Gasteiger partial charge in [-0.1, -0.05) is 13.0 Å². The van der Waals surface area contributed by atoms with Crippen LogP contribution >= 0.6 is 15.9 Å². The molecular weight excluding hydrogens is 304 g/mol. The highest BCUT2D eigenvalue weighted by Gasteiger charge is 2.20. The lowest BCUT2D eigenvalue weighted by molar-refractivity contribution is 0.0819. The summed E-state index contributed by atoms with van der Waals surface area (Å²) in [6.45, 7) is 6.21. The van der Waals surface area contributed by atoms with Gasteiger partial charge in [0, 0.05) is 31.2 Å². The van der Waals surface area contributed by atoms with Gasteiger partial charge < -0.3 is 15.0 Å². The van der Waals surface area contributed by atoms with Gasteiger partial charge in [0.05, 0.1) is 11.8 Å². The highest BCUT2D eigenvalue weighted by atomic mass is 79.9. The van der Waals surface area contributed by atoms with Crippen LogP contribution in [0.25, 0.3) is 0 Å². The van der Waals surface area contributed by atoms with Crippen molar-refractivity contribution in [3.05, 3.63) is 28.2 Å². The van der Waals surface area contributed by atoms with Crippen molar-refractivity contribution >= 4 is 21.6 Å². The summed E-state index contributed by atoms with van der Waals surface area (Å²) in [4.78, 5) is 2.44. The van der Waals surface area contributed by atoms with E-state index in [4.69, 9.17) is 4.74 Å². The quantitative estimate of drug-likeness (QED) is 0.899. The summed E-state index contributed by atoms with van der Waals surface area (Å²) in [6.07, 6.45) is 2.66. The third-order valence-electron chi connectivity index (χ3n) is 3.71. The van der Waals surface area contributed by atoms with Crippen molar-refractivity contribution in [2.75, 3.05) is 31.6 Å². The maximum atomic E-state index is 5.42. The minimum absolute atomic E-state index is 0.433. The van der Waals surface area contributed by atoms with Crippen LogP contribution < -0.4 is 10.2 Å². The van der Waals surface area contributed by atoms with E-state index in [9.17, 15) is 0 Å². The minimum Gasteiger partial charge on any atom is -0.381 e. The van der Waals surface area contributed by atoms with Crippen molar-refractivity contribution in [2.45, 2.75) is 32.4 Å². The molecule has 1 aromatic carbocycles. The van der Waals surface area contributed by atoms with Crippen molar-refractivity contribution in [3.63, 3.8) is 0 Å². The standard InChI is InChI=1S/C15H23BrN2O/c1-3-17-11-12-4-5-15(14(16)10-12)18-8-6-13(19-2)7-9-18/h4-5,10,13,17H,3,6-9,11H2,1-2H3. The van der Waals surface area contributed by atoms with Gasteiger partial charge in [0.15, 0.2) is 0 Å². The van der Waals surface area contributed by atoms with Gasteiger partial charge >= 0.3 is 0 Å². The average molecular weight is 327 g/mol. The van der Waals surface area contributed by atoms with Crippen LogP contribution in [-0.4, -0.2) is 32.8 Å². The zero-order valence-corrected chi connectivity index (χ0v) is 13.4. The molecule has 0 spiro atoms. The second-order valence-electron chi connectivity index (χ2n) is 4.99. The fourth-order valence-corrected chi connectivity index (χ4v) is 3.20. The molecule has 0 atom stereocenters. The number of benzene rings is 1. The molecule has 1 saturated heterocycles. The first kappa shape index (κ1) is 14.8. The zero-order chi connectivity index (χ0) is 13.7. The number of methoxy groups -OCH3 is 1. The molecule has 1 aliphatic rings. The molecule has 19 heavy (non-hydrogen) atoms. The molecule has 0 saturated carbocycles. The SMILES string of the molecule is CCNCc1ccc(N2CCC(OC)CC2)c(Br)c1. The van der Waals surface area contributed by atoms with Crippen LogP contribution in [0.3, 0.4) is 0 Å².